The van der Waals surface area contributed by atoms with Crippen LogP contribution < -0.4 is 5.73 Å². The van der Waals surface area contributed by atoms with Gasteiger partial charge >= 0.3 is 0 Å². The molecule has 0 bridgehead atoms. The molecule has 0 aliphatic heterocycles. The van der Waals surface area contributed by atoms with Crippen LogP contribution in [0.15, 0.2) is 0 Å². The number of aliphatic hydroxyl groups excluding tert-OH is 3. The molecule has 0 aromatic rings. The third-order valence-electron chi connectivity index (χ3n) is 6.59. The molecule has 0 heterocycles. The molecule has 32 heavy (non-hydrogen) atoms. The average Bonchev–Trinajstić information content (AvgIpc) is 2.74. The number of nitrogens with two attached hydrogens (primary N) is 1. The Labute approximate surface area is 198 Å². The van der Waals surface area contributed by atoms with Gasteiger partial charge in [-0.25, -0.2) is 0 Å². The number of hydrogen-bond donors (Lipinski definition) is 4. The summed E-state index contributed by atoms with van der Waals surface area (Å²) >= 11 is 0. The van der Waals surface area contributed by atoms with Gasteiger partial charge in [-0.3, -0.25) is 4.79 Å². The summed E-state index contributed by atoms with van der Waals surface area (Å²) in [6.07, 6.45) is 18.5. The Morgan fingerprint density at radius 3 is 1.44 bits per heavy atom. The van der Waals surface area contributed by atoms with Gasteiger partial charge in [0.15, 0.2) is 0 Å². The van der Waals surface area contributed by atoms with E-state index >= 15 is 0 Å². The van der Waals surface area contributed by atoms with Crippen molar-refractivity contribution in [3.05, 3.63) is 0 Å². The molecule has 4 atom stereocenters. The van der Waals surface area contributed by atoms with Gasteiger partial charge in [0.05, 0.1) is 18.1 Å². The minimum atomic E-state index is -1.38. The maximum absolute atomic E-state index is 12.5. The number of unbranched alkanes of at least 4 members (excludes halogenated alkanes) is 15. The standard InChI is InChI=1S/C27H55NO4/c1-3-5-7-9-10-11-12-13-14-15-16-17-19-21-24(30)26(27(28)32)25(31)22-23(29)20-18-8-6-4-2/h23-24,26-27,29-30,32H,3-22,28H2,1-2H3/t23?,24-,26-,27?/m1/s1. The first-order chi connectivity index (χ1) is 15.4. The first-order valence-corrected chi connectivity index (χ1v) is 13.8. The number of carbonyl (C=O) groups is 1. The van der Waals surface area contributed by atoms with Crippen LogP contribution in [0.4, 0.5) is 0 Å². The van der Waals surface area contributed by atoms with Crippen molar-refractivity contribution in [2.45, 2.75) is 161 Å². The summed E-state index contributed by atoms with van der Waals surface area (Å²) in [5.74, 6) is -1.33. The van der Waals surface area contributed by atoms with Crippen LogP contribution in [0, 0.1) is 5.92 Å². The molecule has 5 N–H and O–H groups in total. The van der Waals surface area contributed by atoms with Gasteiger partial charge in [0, 0.05) is 6.42 Å². The Kier molecular flexibility index (Phi) is 22.0. The van der Waals surface area contributed by atoms with Crippen LogP contribution in [-0.4, -0.2) is 39.5 Å². The summed E-state index contributed by atoms with van der Waals surface area (Å²) in [4.78, 5) is 12.5. The predicted octanol–water partition coefficient (Wildman–Crippen LogP) is 6.01. The summed E-state index contributed by atoms with van der Waals surface area (Å²) in [5.41, 5.74) is 5.59. The lowest BCUT2D eigenvalue weighted by atomic mass is 9.88. The molecule has 5 nitrogen and oxygen atoms in total. The van der Waals surface area contributed by atoms with Crippen LogP contribution in [0.25, 0.3) is 0 Å². The van der Waals surface area contributed by atoms with E-state index in [2.05, 4.69) is 13.8 Å². The van der Waals surface area contributed by atoms with Crippen molar-refractivity contribution in [1.29, 1.82) is 0 Å². The predicted molar refractivity (Wildman–Crippen MR) is 134 cm³/mol. The Bertz CT molecular complexity index is 416. The molecule has 5 heteroatoms. The van der Waals surface area contributed by atoms with E-state index in [0.717, 1.165) is 44.9 Å². The normalized spacial score (nSPS) is 15.4. The van der Waals surface area contributed by atoms with Gasteiger partial charge in [-0.1, -0.05) is 123 Å². The number of carbonyl (C=O) groups excluding carboxylic acids is 1. The summed E-state index contributed by atoms with van der Waals surface area (Å²) in [6, 6.07) is 0. The molecule has 0 saturated carbocycles. The zero-order chi connectivity index (χ0) is 24.0. The molecule has 2 unspecified atom stereocenters. The quantitative estimate of drug-likeness (QED) is 0.105. The largest absolute Gasteiger partial charge is 0.393 e. The van der Waals surface area contributed by atoms with Gasteiger partial charge in [0.2, 0.25) is 0 Å². The first-order valence-electron chi connectivity index (χ1n) is 13.8. The van der Waals surface area contributed by atoms with Crippen molar-refractivity contribution in [1.82, 2.24) is 0 Å². The molecule has 0 saturated heterocycles. The van der Waals surface area contributed by atoms with E-state index in [4.69, 9.17) is 5.73 Å². The summed E-state index contributed by atoms with van der Waals surface area (Å²) in [7, 11) is 0. The monoisotopic (exact) mass is 457 g/mol. The van der Waals surface area contributed by atoms with Gasteiger partial charge in [-0.05, 0) is 12.8 Å². The van der Waals surface area contributed by atoms with Gasteiger partial charge in [0.1, 0.15) is 12.0 Å². The van der Waals surface area contributed by atoms with Crippen molar-refractivity contribution in [2.75, 3.05) is 0 Å². The second-order valence-corrected chi connectivity index (χ2v) is 9.79. The minimum absolute atomic E-state index is 0.0410. The lowest BCUT2D eigenvalue weighted by Gasteiger charge is -2.25. The van der Waals surface area contributed by atoms with E-state index in [1.807, 2.05) is 0 Å². The Balaban J connectivity index is 3.87. The topological polar surface area (TPSA) is 104 Å². The lowest BCUT2D eigenvalue weighted by molar-refractivity contribution is -0.133. The van der Waals surface area contributed by atoms with Crippen LogP contribution in [-0.2, 0) is 4.79 Å². The van der Waals surface area contributed by atoms with Crippen LogP contribution in [0.1, 0.15) is 142 Å². The molecular formula is C27H55NO4. The maximum atomic E-state index is 12.5. The number of Topliss-reactive ketones (excluding diaryl/α,β-unsaturated/α-hetero) is 1. The Morgan fingerprint density at radius 2 is 1.00 bits per heavy atom. The number of aliphatic hydroxyl groups is 3. The van der Waals surface area contributed by atoms with Gasteiger partial charge in [-0.2, -0.15) is 0 Å². The molecule has 0 rings (SSSR count). The highest BCUT2D eigenvalue weighted by Gasteiger charge is 2.32. The third-order valence-corrected chi connectivity index (χ3v) is 6.59. The molecule has 0 aliphatic rings. The fourth-order valence-corrected chi connectivity index (χ4v) is 4.46. The Morgan fingerprint density at radius 1 is 0.625 bits per heavy atom. The average molecular weight is 458 g/mol. The van der Waals surface area contributed by atoms with E-state index in [9.17, 15) is 20.1 Å². The highest BCUT2D eigenvalue weighted by Crippen LogP contribution is 2.20. The van der Waals surface area contributed by atoms with Crippen LogP contribution in [0.2, 0.25) is 0 Å². The fourth-order valence-electron chi connectivity index (χ4n) is 4.46. The molecule has 0 radical (unpaired) electrons. The molecule has 0 fully saturated rings. The van der Waals surface area contributed by atoms with E-state index in [1.54, 1.807) is 0 Å². The van der Waals surface area contributed by atoms with Crippen molar-refractivity contribution < 1.29 is 20.1 Å². The maximum Gasteiger partial charge on any atom is 0.145 e. The van der Waals surface area contributed by atoms with Crippen molar-refractivity contribution >= 4 is 5.78 Å². The summed E-state index contributed by atoms with van der Waals surface area (Å²) in [6.45, 7) is 4.38. The lowest BCUT2D eigenvalue weighted by Crippen LogP contribution is -2.44. The number of hydrogen-bond acceptors (Lipinski definition) is 5. The first kappa shape index (κ1) is 31.5. The SMILES string of the molecule is CCCCCCCCCCCCCCC[C@@H](O)[C@H](C(=O)CC(O)CCCCCC)C(N)O. The van der Waals surface area contributed by atoms with Crippen molar-refractivity contribution in [3.8, 4) is 0 Å². The van der Waals surface area contributed by atoms with E-state index in [0.29, 0.717) is 12.8 Å². The van der Waals surface area contributed by atoms with Crippen molar-refractivity contribution in [2.24, 2.45) is 11.7 Å². The zero-order valence-electron chi connectivity index (χ0n) is 21.3. The van der Waals surface area contributed by atoms with Crippen LogP contribution >= 0.6 is 0 Å². The van der Waals surface area contributed by atoms with Gasteiger partial charge < -0.3 is 21.1 Å². The van der Waals surface area contributed by atoms with Gasteiger partial charge in [0.25, 0.3) is 0 Å². The number of ketones is 1. The highest BCUT2D eigenvalue weighted by atomic mass is 16.3. The smallest absolute Gasteiger partial charge is 0.145 e. The minimum Gasteiger partial charge on any atom is -0.393 e. The summed E-state index contributed by atoms with van der Waals surface area (Å²) in [5, 5.41) is 30.4. The number of rotatable bonds is 24. The zero-order valence-corrected chi connectivity index (χ0v) is 21.3. The molecule has 192 valence electrons. The van der Waals surface area contributed by atoms with E-state index in [-0.39, 0.29) is 12.2 Å². The highest BCUT2D eigenvalue weighted by molar-refractivity contribution is 5.82. The van der Waals surface area contributed by atoms with Crippen LogP contribution in [0.5, 0.6) is 0 Å². The van der Waals surface area contributed by atoms with Crippen LogP contribution in [0.3, 0.4) is 0 Å². The molecule has 0 aromatic heterocycles. The van der Waals surface area contributed by atoms with Crippen molar-refractivity contribution in [3.63, 3.8) is 0 Å². The fraction of sp³-hybridized carbons (Fsp3) is 0.963. The molecule has 0 aromatic carbocycles. The molecule has 0 aliphatic carbocycles. The van der Waals surface area contributed by atoms with Gasteiger partial charge in [-0.15, -0.1) is 0 Å². The van der Waals surface area contributed by atoms with E-state index in [1.165, 1.54) is 64.2 Å². The third kappa shape index (κ3) is 18.0. The Hall–Kier alpha value is -0.490. The second-order valence-electron chi connectivity index (χ2n) is 9.79. The summed E-state index contributed by atoms with van der Waals surface area (Å²) < 4.78 is 0. The second kappa shape index (κ2) is 22.3. The molecular weight excluding hydrogens is 402 g/mol. The molecule has 0 spiro atoms. The molecule has 0 amide bonds. The van der Waals surface area contributed by atoms with E-state index < -0.39 is 24.4 Å².